The minimum Gasteiger partial charge on any atom is -0.314 e. The molecule has 4 heteroatoms. The Morgan fingerprint density at radius 1 is 1.30 bits per heavy atom. The van der Waals surface area contributed by atoms with E-state index in [1.165, 1.54) is 25.7 Å². The van der Waals surface area contributed by atoms with E-state index in [2.05, 4.69) is 17.1 Å². The molecule has 1 spiro atoms. The van der Waals surface area contributed by atoms with Gasteiger partial charge in [0, 0.05) is 50.0 Å². The predicted octanol–water partition coefficient (Wildman–Crippen LogP) is 1.45. The van der Waals surface area contributed by atoms with E-state index in [0.717, 1.165) is 26.2 Å². The summed E-state index contributed by atoms with van der Waals surface area (Å²) < 4.78 is 1.83. The molecule has 1 atom stereocenters. The highest BCUT2D eigenvalue weighted by Gasteiger charge is 2.42. The summed E-state index contributed by atoms with van der Waals surface area (Å²) >= 11 is 0. The van der Waals surface area contributed by atoms with Crippen LogP contribution < -0.4 is 10.9 Å². The molecule has 1 unspecified atom stereocenters. The second kappa shape index (κ2) is 5.70. The van der Waals surface area contributed by atoms with E-state index in [0.29, 0.717) is 11.6 Å². The fourth-order valence-electron chi connectivity index (χ4n) is 3.79. The number of rotatable bonds is 3. The second-order valence-corrected chi connectivity index (χ2v) is 6.39. The number of hydrogen-bond donors (Lipinski definition) is 1. The van der Waals surface area contributed by atoms with E-state index < -0.39 is 0 Å². The largest absolute Gasteiger partial charge is 0.314 e. The van der Waals surface area contributed by atoms with Gasteiger partial charge in [0.05, 0.1) is 0 Å². The van der Waals surface area contributed by atoms with E-state index in [-0.39, 0.29) is 5.56 Å². The maximum atomic E-state index is 11.8. The van der Waals surface area contributed by atoms with E-state index in [4.69, 9.17) is 0 Å². The molecule has 2 heterocycles. The third kappa shape index (κ3) is 2.67. The highest BCUT2D eigenvalue weighted by atomic mass is 16.1. The number of piperazine rings is 1. The second-order valence-electron chi connectivity index (χ2n) is 6.39. The van der Waals surface area contributed by atoms with Gasteiger partial charge in [-0.3, -0.25) is 9.69 Å². The molecule has 110 valence electrons. The van der Waals surface area contributed by atoms with Crippen LogP contribution in [0.15, 0.2) is 29.2 Å². The zero-order valence-electron chi connectivity index (χ0n) is 12.3. The van der Waals surface area contributed by atoms with Gasteiger partial charge in [0.1, 0.15) is 0 Å². The first-order valence-electron chi connectivity index (χ1n) is 7.84. The Morgan fingerprint density at radius 2 is 2.10 bits per heavy atom. The Kier molecular flexibility index (Phi) is 3.94. The molecule has 1 saturated carbocycles. The third-order valence-electron chi connectivity index (χ3n) is 4.99. The van der Waals surface area contributed by atoms with Crippen molar-refractivity contribution in [2.45, 2.75) is 50.7 Å². The minimum absolute atomic E-state index is 0.108. The van der Waals surface area contributed by atoms with Crippen molar-refractivity contribution in [3.8, 4) is 0 Å². The Bertz CT molecular complexity index is 504. The summed E-state index contributed by atoms with van der Waals surface area (Å²) in [5.74, 6) is 0. The minimum atomic E-state index is 0.108. The lowest BCUT2D eigenvalue weighted by molar-refractivity contribution is 0.0433. The fourth-order valence-corrected chi connectivity index (χ4v) is 3.79. The van der Waals surface area contributed by atoms with Crippen molar-refractivity contribution in [1.82, 2.24) is 14.8 Å². The van der Waals surface area contributed by atoms with Crippen molar-refractivity contribution in [1.29, 1.82) is 0 Å². The normalized spacial score (nSPS) is 26.1. The van der Waals surface area contributed by atoms with Gasteiger partial charge in [0.25, 0.3) is 5.56 Å². The average molecular weight is 275 g/mol. The zero-order chi connectivity index (χ0) is 14.0. The Hall–Kier alpha value is -1.13. The van der Waals surface area contributed by atoms with Crippen molar-refractivity contribution in [2.24, 2.45) is 0 Å². The van der Waals surface area contributed by atoms with Crippen LogP contribution in [0.4, 0.5) is 0 Å². The summed E-state index contributed by atoms with van der Waals surface area (Å²) in [5, 5.41) is 3.64. The van der Waals surface area contributed by atoms with Gasteiger partial charge in [0.2, 0.25) is 0 Å². The van der Waals surface area contributed by atoms with Crippen LogP contribution in [0.5, 0.6) is 0 Å². The van der Waals surface area contributed by atoms with Gasteiger partial charge >= 0.3 is 0 Å². The smallest absolute Gasteiger partial charge is 0.250 e. The van der Waals surface area contributed by atoms with Gasteiger partial charge in [-0.15, -0.1) is 0 Å². The Balaban J connectivity index is 1.70. The molecule has 0 aromatic carbocycles. The van der Waals surface area contributed by atoms with Crippen molar-refractivity contribution in [3.63, 3.8) is 0 Å². The average Bonchev–Trinajstić information content (AvgIpc) is 2.91. The monoisotopic (exact) mass is 275 g/mol. The summed E-state index contributed by atoms with van der Waals surface area (Å²) in [6, 6.07) is 5.94. The summed E-state index contributed by atoms with van der Waals surface area (Å²) in [4.78, 5) is 14.4. The Labute approximate surface area is 120 Å². The number of nitrogens with one attached hydrogen (secondary N) is 1. The fraction of sp³-hybridized carbons (Fsp3) is 0.688. The van der Waals surface area contributed by atoms with E-state index in [1.807, 2.05) is 22.9 Å². The van der Waals surface area contributed by atoms with Crippen LogP contribution in [-0.4, -0.2) is 40.7 Å². The molecular formula is C16H25N3O. The molecule has 1 saturated heterocycles. The summed E-state index contributed by atoms with van der Waals surface area (Å²) in [6.45, 7) is 6.24. The van der Waals surface area contributed by atoms with Gasteiger partial charge in [-0.05, 0) is 25.8 Å². The van der Waals surface area contributed by atoms with Crippen molar-refractivity contribution in [3.05, 3.63) is 34.7 Å². The lowest BCUT2D eigenvalue weighted by Crippen LogP contribution is -2.63. The topological polar surface area (TPSA) is 37.3 Å². The van der Waals surface area contributed by atoms with Crippen LogP contribution in [0.3, 0.4) is 0 Å². The van der Waals surface area contributed by atoms with Crippen LogP contribution in [0, 0.1) is 0 Å². The van der Waals surface area contributed by atoms with Crippen LogP contribution in [-0.2, 0) is 6.54 Å². The van der Waals surface area contributed by atoms with Gasteiger partial charge < -0.3 is 9.88 Å². The van der Waals surface area contributed by atoms with E-state index >= 15 is 0 Å². The first-order valence-corrected chi connectivity index (χ1v) is 7.84. The molecule has 3 rings (SSSR count). The van der Waals surface area contributed by atoms with Gasteiger partial charge in [-0.2, -0.15) is 0 Å². The third-order valence-corrected chi connectivity index (χ3v) is 4.99. The standard InChI is InChI=1S/C16H25N3O/c1-14-12-19(16(13-17-14)7-3-4-8-16)11-10-18-9-5-2-6-15(18)20/h2,5-6,9,14,17H,3-4,7-8,10-13H2,1H3. The molecular weight excluding hydrogens is 250 g/mol. The lowest BCUT2D eigenvalue weighted by atomic mass is 9.91. The lowest BCUT2D eigenvalue weighted by Gasteiger charge is -2.47. The van der Waals surface area contributed by atoms with Crippen molar-refractivity contribution < 1.29 is 0 Å². The van der Waals surface area contributed by atoms with Crippen molar-refractivity contribution >= 4 is 0 Å². The number of aromatic nitrogens is 1. The molecule has 2 fully saturated rings. The molecule has 0 bridgehead atoms. The van der Waals surface area contributed by atoms with Crippen LogP contribution in [0.25, 0.3) is 0 Å². The summed E-state index contributed by atoms with van der Waals surface area (Å²) in [5.41, 5.74) is 0.460. The summed E-state index contributed by atoms with van der Waals surface area (Å²) in [6.07, 6.45) is 7.19. The quantitative estimate of drug-likeness (QED) is 0.907. The SMILES string of the molecule is CC1CN(CCn2ccccc2=O)C2(CCCC2)CN1. The van der Waals surface area contributed by atoms with Gasteiger partial charge in [0.15, 0.2) is 0 Å². The van der Waals surface area contributed by atoms with E-state index in [1.54, 1.807) is 6.07 Å². The van der Waals surface area contributed by atoms with E-state index in [9.17, 15) is 4.79 Å². The molecule has 1 aromatic heterocycles. The highest BCUT2D eigenvalue weighted by Crippen LogP contribution is 2.36. The van der Waals surface area contributed by atoms with Crippen LogP contribution in [0.1, 0.15) is 32.6 Å². The zero-order valence-corrected chi connectivity index (χ0v) is 12.3. The molecule has 0 radical (unpaired) electrons. The highest BCUT2D eigenvalue weighted by molar-refractivity contribution is 5.01. The number of nitrogens with zero attached hydrogens (tertiary/aromatic N) is 2. The molecule has 1 aliphatic carbocycles. The molecule has 4 nitrogen and oxygen atoms in total. The molecule has 1 aliphatic heterocycles. The molecule has 1 aromatic rings. The van der Waals surface area contributed by atoms with Crippen LogP contribution in [0.2, 0.25) is 0 Å². The predicted molar refractivity (Wildman–Crippen MR) is 80.9 cm³/mol. The van der Waals surface area contributed by atoms with Crippen molar-refractivity contribution in [2.75, 3.05) is 19.6 Å². The molecule has 1 N–H and O–H groups in total. The van der Waals surface area contributed by atoms with Gasteiger partial charge in [-0.25, -0.2) is 0 Å². The maximum absolute atomic E-state index is 11.8. The first kappa shape index (κ1) is 13.8. The Morgan fingerprint density at radius 3 is 2.85 bits per heavy atom. The van der Waals surface area contributed by atoms with Crippen LogP contribution >= 0.6 is 0 Å². The maximum Gasteiger partial charge on any atom is 0.250 e. The number of pyridine rings is 1. The molecule has 0 amide bonds. The molecule has 2 aliphatic rings. The summed E-state index contributed by atoms with van der Waals surface area (Å²) in [7, 11) is 0. The number of hydrogen-bond acceptors (Lipinski definition) is 3. The molecule has 20 heavy (non-hydrogen) atoms. The van der Waals surface area contributed by atoms with Gasteiger partial charge in [-0.1, -0.05) is 18.9 Å². The first-order chi connectivity index (χ1) is 9.70.